The average Bonchev–Trinajstić information content (AvgIpc) is 2.51. The number of Topliss-reactive ketones (excluding diaryl/α,β-unsaturated/α-hetero) is 1. The molecule has 1 heterocycles. The van der Waals surface area contributed by atoms with Gasteiger partial charge < -0.3 is 5.11 Å². The van der Waals surface area contributed by atoms with Gasteiger partial charge in [-0.1, -0.05) is 12.1 Å². The number of carboxylic acid groups (broad SMARTS) is 1. The second-order valence-corrected chi connectivity index (χ2v) is 4.94. The van der Waals surface area contributed by atoms with Gasteiger partial charge in [0.25, 0.3) is 15.9 Å². The Morgan fingerprint density at radius 3 is 2.17 bits per heavy atom. The average molecular weight is 271 g/mol. The molecule has 1 aromatic carbocycles. The first kappa shape index (κ1) is 13.8. The number of carbonyl (C=O) groups is 3. The summed E-state index contributed by atoms with van der Waals surface area (Å²) in [6.45, 7) is 1.00. The Bertz CT molecular complexity index is 607. The van der Waals surface area contributed by atoms with Crippen LogP contribution in [-0.2, 0) is 19.6 Å². The predicted molar refractivity (Wildman–Crippen MR) is 59.4 cm³/mol. The van der Waals surface area contributed by atoms with Crippen LogP contribution in [0, 0.1) is 0 Å². The number of nitrogens with one attached hydrogen (secondary N) is 1. The zero-order valence-electron chi connectivity index (χ0n) is 9.21. The first-order valence-corrected chi connectivity index (χ1v) is 6.14. The molecule has 0 aromatic heterocycles. The Kier molecular flexibility index (Phi) is 3.82. The van der Waals surface area contributed by atoms with Gasteiger partial charge in [0, 0.05) is 6.92 Å². The fourth-order valence-electron chi connectivity index (χ4n) is 1.12. The highest BCUT2D eigenvalue weighted by molar-refractivity contribution is 7.90. The lowest BCUT2D eigenvalue weighted by Crippen LogP contribution is -2.20. The molecule has 2 rings (SSSR count). The van der Waals surface area contributed by atoms with Gasteiger partial charge in [0.2, 0.25) is 5.78 Å². The summed E-state index contributed by atoms with van der Waals surface area (Å²) in [5, 5.41) is 7.64. The minimum absolute atomic E-state index is 0.0648. The van der Waals surface area contributed by atoms with Crippen molar-refractivity contribution in [2.75, 3.05) is 0 Å². The molecular formula is C10H9NO6S. The van der Waals surface area contributed by atoms with Gasteiger partial charge in [-0.15, -0.1) is 0 Å². The van der Waals surface area contributed by atoms with Crippen LogP contribution in [0.4, 0.5) is 0 Å². The van der Waals surface area contributed by atoms with Gasteiger partial charge in [0.05, 0.1) is 5.56 Å². The van der Waals surface area contributed by atoms with Crippen LogP contribution < -0.4 is 4.72 Å². The summed E-state index contributed by atoms with van der Waals surface area (Å²) in [6, 6.07) is 6.09. The lowest BCUT2D eigenvalue weighted by atomic mass is 10.2. The Hall–Kier alpha value is -2.22. The number of benzene rings is 1. The van der Waals surface area contributed by atoms with Gasteiger partial charge in [-0.05, 0) is 12.1 Å². The number of hydrogen-bond acceptors (Lipinski definition) is 5. The smallest absolute Gasteiger partial charge is 0.371 e. The van der Waals surface area contributed by atoms with E-state index in [2.05, 4.69) is 0 Å². The third-order valence-electron chi connectivity index (χ3n) is 1.95. The minimum atomic E-state index is -3.55. The molecule has 0 saturated carbocycles. The van der Waals surface area contributed by atoms with Crippen molar-refractivity contribution < 1.29 is 27.9 Å². The van der Waals surface area contributed by atoms with Gasteiger partial charge in [-0.25, -0.2) is 17.9 Å². The van der Waals surface area contributed by atoms with Crippen molar-refractivity contribution in [2.24, 2.45) is 0 Å². The van der Waals surface area contributed by atoms with Gasteiger partial charge in [-0.3, -0.25) is 9.59 Å². The van der Waals surface area contributed by atoms with E-state index in [1.54, 1.807) is 12.1 Å². The van der Waals surface area contributed by atoms with E-state index in [0.29, 0.717) is 0 Å². The first-order valence-electron chi connectivity index (χ1n) is 4.65. The number of ketones is 1. The van der Waals surface area contributed by atoms with E-state index in [9.17, 15) is 22.8 Å². The van der Waals surface area contributed by atoms with Crippen molar-refractivity contribution in [3.8, 4) is 0 Å². The molecule has 0 atom stereocenters. The highest BCUT2D eigenvalue weighted by atomic mass is 32.2. The lowest BCUT2D eigenvalue weighted by molar-refractivity contribution is -0.148. The van der Waals surface area contributed by atoms with E-state index in [-0.39, 0.29) is 10.5 Å². The van der Waals surface area contributed by atoms with Crippen LogP contribution in [-0.4, -0.2) is 31.2 Å². The highest BCUT2D eigenvalue weighted by Gasteiger charge is 2.31. The monoisotopic (exact) mass is 271 g/mol. The minimum Gasteiger partial charge on any atom is -0.476 e. The van der Waals surface area contributed by atoms with E-state index in [1.165, 1.54) is 12.1 Å². The van der Waals surface area contributed by atoms with E-state index >= 15 is 0 Å². The number of amides is 1. The molecule has 0 saturated heterocycles. The Morgan fingerprint density at radius 2 is 1.72 bits per heavy atom. The summed E-state index contributed by atoms with van der Waals surface area (Å²) in [6.07, 6.45) is 0. The lowest BCUT2D eigenvalue weighted by Gasteiger charge is -1.91. The molecule has 1 aromatic rings. The van der Waals surface area contributed by atoms with Crippen LogP contribution >= 0.6 is 0 Å². The molecule has 2 N–H and O–H groups in total. The van der Waals surface area contributed by atoms with E-state index in [1.807, 2.05) is 4.72 Å². The van der Waals surface area contributed by atoms with E-state index in [4.69, 9.17) is 5.11 Å². The first-order chi connectivity index (χ1) is 8.25. The standard InChI is InChI=1S/C7H5NO3S.C3H4O3/c9-7-5-3-1-2-4-6(5)12(10,11)8-7;1-2(4)3(5)6/h1-4H,(H,8,9);1H3,(H,5,6). The highest BCUT2D eigenvalue weighted by Crippen LogP contribution is 2.20. The van der Waals surface area contributed by atoms with Crippen molar-refractivity contribution in [1.29, 1.82) is 0 Å². The third-order valence-corrected chi connectivity index (χ3v) is 3.34. The number of aliphatic carboxylic acids is 1. The number of rotatable bonds is 1. The van der Waals surface area contributed by atoms with Crippen molar-refractivity contribution in [3.05, 3.63) is 29.8 Å². The molecule has 1 aliphatic rings. The van der Waals surface area contributed by atoms with E-state index in [0.717, 1.165) is 6.92 Å². The van der Waals surface area contributed by atoms with Crippen LogP contribution in [0.1, 0.15) is 17.3 Å². The maximum Gasteiger partial charge on any atom is 0.371 e. The summed E-state index contributed by atoms with van der Waals surface area (Å²) >= 11 is 0. The fraction of sp³-hybridized carbons (Fsp3) is 0.100. The largest absolute Gasteiger partial charge is 0.476 e. The number of fused-ring (bicyclic) bond motifs is 1. The van der Waals surface area contributed by atoms with Crippen molar-refractivity contribution in [1.82, 2.24) is 4.72 Å². The normalized spacial score (nSPS) is 14.8. The van der Waals surface area contributed by atoms with Gasteiger partial charge >= 0.3 is 5.97 Å². The Labute approximate surface area is 102 Å². The molecule has 7 nitrogen and oxygen atoms in total. The fourth-order valence-corrected chi connectivity index (χ4v) is 2.29. The Morgan fingerprint density at radius 1 is 1.22 bits per heavy atom. The third kappa shape index (κ3) is 2.92. The quantitative estimate of drug-likeness (QED) is 0.682. The van der Waals surface area contributed by atoms with Crippen molar-refractivity contribution >= 4 is 27.7 Å². The van der Waals surface area contributed by atoms with Gasteiger partial charge in [0.15, 0.2) is 0 Å². The second-order valence-electron chi connectivity index (χ2n) is 3.29. The SMILES string of the molecule is CC(=O)C(=O)O.O=C1NS(=O)(=O)c2ccccc21. The summed E-state index contributed by atoms with van der Waals surface area (Å²) in [5.41, 5.74) is 0.220. The summed E-state index contributed by atoms with van der Waals surface area (Å²) < 4.78 is 24.2. The summed E-state index contributed by atoms with van der Waals surface area (Å²) in [7, 11) is -3.55. The van der Waals surface area contributed by atoms with Crippen LogP contribution in [0.3, 0.4) is 0 Å². The Balaban J connectivity index is 0.000000232. The number of hydrogen-bond donors (Lipinski definition) is 2. The number of carboxylic acids is 1. The molecule has 0 radical (unpaired) electrons. The summed E-state index contributed by atoms with van der Waals surface area (Å²) in [4.78, 5) is 29.9. The molecule has 0 spiro atoms. The molecule has 1 aliphatic heterocycles. The van der Waals surface area contributed by atoms with Crippen molar-refractivity contribution in [3.63, 3.8) is 0 Å². The molecule has 0 fully saturated rings. The summed E-state index contributed by atoms with van der Waals surface area (Å²) in [5.74, 6) is -2.75. The van der Waals surface area contributed by atoms with E-state index < -0.39 is 27.7 Å². The molecular weight excluding hydrogens is 262 g/mol. The zero-order chi connectivity index (χ0) is 13.9. The number of carbonyl (C=O) groups excluding carboxylic acids is 2. The van der Waals surface area contributed by atoms with Crippen LogP contribution in [0.2, 0.25) is 0 Å². The van der Waals surface area contributed by atoms with Crippen molar-refractivity contribution in [2.45, 2.75) is 11.8 Å². The number of sulfonamides is 1. The molecule has 18 heavy (non-hydrogen) atoms. The molecule has 8 heteroatoms. The molecule has 1 amide bonds. The second kappa shape index (κ2) is 4.96. The molecule has 0 bridgehead atoms. The van der Waals surface area contributed by atoms with Crippen LogP contribution in [0.5, 0.6) is 0 Å². The van der Waals surface area contributed by atoms with Crippen LogP contribution in [0.15, 0.2) is 29.2 Å². The maximum absolute atomic E-state index is 11.1. The molecule has 0 unspecified atom stereocenters. The topological polar surface area (TPSA) is 118 Å². The molecule has 0 aliphatic carbocycles. The maximum atomic E-state index is 11.1. The van der Waals surface area contributed by atoms with Gasteiger partial charge in [0.1, 0.15) is 4.90 Å². The van der Waals surface area contributed by atoms with Crippen LogP contribution in [0.25, 0.3) is 0 Å². The predicted octanol–water partition coefficient (Wildman–Crippen LogP) is -0.221. The van der Waals surface area contributed by atoms with Gasteiger partial charge in [-0.2, -0.15) is 0 Å². The molecule has 96 valence electrons. The zero-order valence-corrected chi connectivity index (χ0v) is 10.0.